The summed E-state index contributed by atoms with van der Waals surface area (Å²) in [4.78, 5) is 0. The smallest absolute Gasteiger partial charge is 0.119 e. The van der Waals surface area contributed by atoms with E-state index >= 15 is 0 Å². The molecule has 0 heterocycles. The topological polar surface area (TPSA) is 71.0 Å². The zero-order chi connectivity index (χ0) is 15.3. The summed E-state index contributed by atoms with van der Waals surface area (Å²) in [5.74, 6) is 0.840. The van der Waals surface area contributed by atoms with Gasteiger partial charge in [0.25, 0.3) is 0 Å². The molecule has 1 aliphatic rings. The first-order valence-corrected chi connectivity index (χ1v) is 7.27. The lowest BCUT2D eigenvalue weighted by Crippen LogP contribution is -2.36. The lowest BCUT2D eigenvalue weighted by Gasteiger charge is -2.28. The number of halogens is 1. The van der Waals surface area contributed by atoms with Gasteiger partial charge in [0.15, 0.2) is 0 Å². The van der Waals surface area contributed by atoms with Gasteiger partial charge in [-0.05, 0) is 30.5 Å². The molecule has 0 bridgehead atoms. The van der Waals surface area contributed by atoms with Crippen LogP contribution in [0.5, 0.6) is 5.75 Å². The molecule has 0 radical (unpaired) electrons. The average molecular weight is 332 g/mol. The standard InChI is InChI=1S/C16H25NO4.ClH/c1-20-11-16(7-14(18)15(19)8-16)10-17-9-12-4-3-5-13(6-12)21-2;/h3-6,14-15,17-19H,7-11H2,1-2H3;1H/t14-,15+,16?;. The number of hydrogen-bond donors (Lipinski definition) is 3. The molecule has 0 aromatic heterocycles. The summed E-state index contributed by atoms with van der Waals surface area (Å²) in [5.41, 5.74) is 0.938. The number of benzene rings is 1. The fourth-order valence-corrected chi connectivity index (χ4v) is 3.12. The Bertz CT molecular complexity index is 448. The van der Waals surface area contributed by atoms with Crippen LogP contribution < -0.4 is 10.1 Å². The number of nitrogens with one attached hydrogen (secondary N) is 1. The van der Waals surface area contributed by atoms with Crippen molar-refractivity contribution < 1.29 is 19.7 Å². The van der Waals surface area contributed by atoms with Gasteiger partial charge in [-0.15, -0.1) is 12.4 Å². The molecular weight excluding hydrogens is 306 g/mol. The first kappa shape index (κ1) is 19.2. The Morgan fingerprint density at radius 3 is 2.50 bits per heavy atom. The second-order valence-electron chi connectivity index (χ2n) is 5.93. The molecule has 3 N–H and O–H groups in total. The highest BCUT2D eigenvalue weighted by atomic mass is 35.5. The van der Waals surface area contributed by atoms with Crippen molar-refractivity contribution in [2.45, 2.75) is 31.6 Å². The largest absolute Gasteiger partial charge is 0.497 e. The molecule has 126 valence electrons. The van der Waals surface area contributed by atoms with Crippen LogP contribution in [-0.2, 0) is 11.3 Å². The van der Waals surface area contributed by atoms with Crippen LogP contribution in [0.15, 0.2) is 24.3 Å². The van der Waals surface area contributed by atoms with E-state index in [9.17, 15) is 10.2 Å². The van der Waals surface area contributed by atoms with Crippen LogP contribution >= 0.6 is 12.4 Å². The molecule has 0 amide bonds. The first-order valence-electron chi connectivity index (χ1n) is 7.27. The second kappa shape index (κ2) is 8.70. The van der Waals surface area contributed by atoms with Gasteiger partial charge < -0.3 is 25.0 Å². The average Bonchev–Trinajstić information content (AvgIpc) is 2.74. The predicted molar refractivity (Wildman–Crippen MR) is 87.5 cm³/mol. The van der Waals surface area contributed by atoms with E-state index in [4.69, 9.17) is 9.47 Å². The maximum absolute atomic E-state index is 9.79. The highest BCUT2D eigenvalue weighted by Gasteiger charge is 2.43. The van der Waals surface area contributed by atoms with Gasteiger partial charge in [-0.1, -0.05) is 12.1 Å². The molecule has 5 nitrogen and oxygen atoms in total. The van der Waals surface area contributed by atoms with Crippen molar-refractivity contribution in [3.63, 3.8) is 0 Å². The van der Waals surface area contributed by atoms with Gasteiger partial charge in [0.1, 0.15) is 5.75 Å². The fraction of sp³-hybridized carbons (Fsp3) is 0.625. The fourth-order valence-electron chi connectivity index (χ4n) is 3.12. The number of rotatable bonds is 7. The molecular formula is C16H26ClNO4. The molecule has 0 saturated heterocycles. The summed E-state index contributed by atoms with van der Waals surface area (Å²) in [5, 5.41) is 23.0. The van der Waals surface area contributed by atoms with E-state index in [0.717, 1.165) is 17.9 Å². The third-order valence-corrected chi connectivity index (χ3v) is 4.14. The Hall–Kier alpha value is -0.850. The number of aliphatic hydroxyl groups is 2. The molecule has 2 rings (SSSR count). The van der Waals surface area contributed by atoms with Crippen LogP contribution in [0.1, 0.15) is 18.4 Å². The lowest BCUT2D eigenvalue weighted by atomic mass is 9.86. The SMILES string of the molecule is COCC1(CNCc2cccc(OC)c2)C[C@@H](O)[C@@H](O)C1.Cl. The predicted octanol–water partition coefficient (Wildman–Crippen LogP) is 1.35. The highest BCUT2D eigenvalue weighted by molar-refractivity contribution is 5.85. The third kappa shape index (κ3) is 4.83. The summed E-state index contributed by atoms with van der Waals surface area (Å²) >= 11 is 0. The van der Waals surface area contributed by atoms with Crippen LogP contribution in [0.2, 0.25) is 0 Å². The summed E-state index contributed by atoms with van der Waals surface area (Å²) < 4.78 is 10.5. The maximum Gasteiger partial charge on any atom is 0.119 e. The van der Waals surface area contributed by atoms with Gasteiger partial charge in [0.2, 0.25) is 0 Å². The van der Waals surface area contributed by atoms with Crippen molar-refractivity contribution in [1.29, 1.82) is 0 Å². The van der Waals surface area contributed by atoms with E-state index in [2.05, 4.69) is 5.32 Å². The summed E-state index contributed by atoms with van der Waals surface area (Å²) in [7, 11) is 3.31. The molecule has 1 aliphatic carbocycles. The van der Waals surface area contributed by atoms with E-state index < -0.39 is 12.2 Å². The minimum absolute atomic E-state index is 0. The van der Waals surface area contributed by atoms with Gasteiger partial charge in [-0.3, -0.25) is 0 Å². The summed E-state index contributed by atoms with van der Waals surface area (Å²) in [6.45, 7) is 1.95. The Morgan fingerprint density at radius 1 is 1.23 bits per heavy atom. The Balaban J connectivity index is 0.00000242. The van der Waals surface area contributed by atoms with Crippen molar-refractivity contribution in [2.75, 3.05) is 27.4 Å². The number of ether oxygens (including phenoxy) is 2. The van der Waals surface area contributed by atoms with Crippen molar-refractivity contribution in [3.05, 3.63) is 29.8 Å². The van der Waals surface area contributed by atoms with Crippen LogP contribution in [0, 0.1) is 5.41 Å². The molecule has 1 aromatic rings. The van der Waals surface area contributed by atoms with Crippen LogP contribution in [0.3, 0.4) is 0 Å². The third-order valence-electron chi connectivity index (χ3n) is 4.14. The second-order valence-corrected chi connectivity index (χ2v) is 5.93. The molecule has 3 atom stereocenters. The van der Waals surface area contributed by atoms with Crippen molar-refractivity contribution in [1.82, 2.24) is 5.32 Å². The molecule has 6 heteroatoms. The van der Waals surface area contributed by atoms with Crippen LogP contribution in [0.4, 0.5) is 0 Å². The summed E-state index contributed by atoms with van der Waals surface area (Å²) in [6, 6.07) is 7.91. The monoisotopic (exact) mass is 331 g/mol. The Kier molecular flexibility index (Phi) is 7.59. The maximum atomic E-state index is 9.79. The molecule has 1 aromatic carbocycles. The van der Waals surface area contributed by atoms with E-state index in [1.165, 1.54) is 0 Å². The van der Waals surface area contributed by atoms with Crippen molar-refractivity contribution >= 4 is 12.4 Å². The number of hydrogen-bond acceptors (Lipinski definition) is 5. The minimum atomic E-state index is -0.654. The van der Waals surface area contributed by atoms with E-state index in [1.807, 2.05) is 24.3 Å². The lowest BCUT2D eigenvalue weighted by molar-refractivity contribution is 0.0438. The summed E-state index contributed by atoms with van der Waals surface area (Å²) in [6.07, 6.45) is -0.183. The van der Waals surface area contributed by atoms with Gasteiger partial charge in [-0.25, -0.2) is 0 Å². The first-order chi connectivity index (χ1) is 10.1. The highest BCUT2D eigenvalue weighted by Crippen LogP contribution is 2.38. The minimum Gasteiger partial charge on any atom is -0.497 e. The Labute approximate surface area is 138 Å². The number of aliphatic hydroxyl groups excluding tert-OH is 2. The molecule has 22 heavy (non-hydrogen) atoms. The van der Waals surface area contributed by atoms with Gasteiger partial charge in [0, 0.05) is 25.6 Å². The Morgan fingerprint density at radius 2 is 1.91 bits per heavy atom. The number of methoxy groups -OCH3 is 2. The normalized spacial score (nSPS) is 27.5. The van der Waals surface area contributed by atoms with Crippen molar-refractivity contribution in [3.8, 4) is 5.75 Å². The van der Waals surface area contributed by atoms with Gasteiger partial charge in [0.05, 0.1) is 25.9 Å². The molecule has 1 fully saturated rings. The quantitative estimate of drug-likeness (QED) is 0.703. The van der Waals surface area contributed by atoms with E-state index in [-0.39, 0.29) is 17.8 Å². The van der Waals surface area contributed by atoms with Gasteiger partial charge >= 0.3 is 0 Å². The van der Waals surface area contributed by atoms with Gasteiger partial charge in [-0.2, -0.15) is 0 Å². The van der Waals surface area contributed by atoms with E-state index in [1.54, 1.807) is 14.2 Å². The van der Waals surface area contributed by atoms with Crippen LogP contribution in [-0.4, -0.2) is 49.8 Å². The molecule has 1 saturated carbocycles. The zero-order valence-electron chi connectivity index (χ0n) is 13.1. The molecule has 1 unspecified atom stereocenters. The zero-order valence-corrected chi connectivity index (χ0v) is 13.9. The van der Waals surface area contributed by atoms with Crippen molar-refractivity contribution in [2.24, 2.45) is 5.41 Å². The molecule has 0 aliphatic heterocycles. The van der Waals surface area contributed by atoms with E-state index in [0.29, 0.717) is 26.0 Å². The molecule has 0 spiro atoms. The van der Waals surface area contributed by atoms with Crippen LogP contribution in [0.25, 0.3) is 0 Å².